The summed E-state index contributed by atoms with van der Waals surface area (Å²) >= 11 is 0. The third-order valence-electron chi connectivity index (χ3n) is 4.75. The van der Waals surface area contributed by atoms with Gasteiger partial charge in [0.1, 0.15) is 0 Å². The number of fused-ring (bicyclic) bond motifs is 1. The van der Waals surface area contributed by atoms with Crippen LogP contribution in [0.15, 0.2) is 23.0 Å². The van der Waals surface area contributed by atoms with E-state index >= 15 is 0 Å². The lowest BCUT2D eigenvalue weighted by Gasteiger charge is -2.22. The highest BCUT2D eigenvalue weighted by Gasteiger charge is 2.15. The number of carbonyl (C=O) groups is 1. The van der Waals surface area contributed by atoms with E-state index in [1.165, 1.54) is 19.3 Å². The van der Waals surface area contributed by atoms with Gasteiger partial charge in [-0.1, -0.05) is 30.9 Å². The molecule has 0 unspecified atom stereocenters. The van der Waals surface area contributed by atoms with Crippen molar-refractivity contribution in [1.82, 2.24) is 15.6 Å². The minimum absolute atomic E-state index is 0.146. The number of benzene rings is 1. The zero-order chi connectivity index (χ0) is 17.1. The number of aryl methyl sites for hydroxylation is 2. The molecule has 0 saturated heterocycles. The van der Waals surface area contributed by atoms with Crippen LogP contribution in [-0.2, 0) is 6.54 Å². The standard InChI is InChI=1S/C19H25N3O2/c1-12-8-13(2)17-14(9-12)10-15(18(23)22-17)11-20-19(24)21-16-6-4-3-5-7-16/h8-10,16H,3-7,11H2,1-2H3,(H,22,23)(H2,20,21,24). The molecular formula is C19H25N3O2. The maximum absolute atomic E-state index is 12.2. The van der Waals surface area contributed by atoms with E-state index in [4.69, 9.17) is 0 Å². The summed E-state index contributed by atoms with van der Waals surface area (Å²) < 4.78 is 0. The molecule has 1 aliphatic rings. The van der Waals surface area contributed by atoms with Gasteiger partial charge in [-0.3, -0.25) is 4.79 Å². The molecule has 0 bridgehead atoms. The Bertz CT molecular complexity index is 804. The van der Waals surface area contributed by atoms with E-state index in [1.54, 1.807) is 0 Å². The maximum Gasteiger partial charge on any atom is 0.315 e. The van der Waals surface area contributed by atoms with Crippen LogP contribution in [-0.4, -0.2) is 17.1 Å². The van der Waals surface area contributed by atoms with E-state index in [1.807, 2.05) is 32.0 Å². The van der Waals surface area contributed by atoms with Crippen molar-refractivity contribution in [2.75, 3.05) is 0 Å². The number of aromatic nitrogens is 1. The average Bonchev–Trinajstić information content (AvgIpc) is 2.55. The van der Waals surface area contributed by atoms with E-state index in [2.05, 4.69) is 15.6 Å². The van der Waals surface area contributed by atoms with Gasteiger partial charge in [-0.15, -0.1) is 0 Å². The number of nitrogens with one attached hydrogen (secondary N) is 3. The van der Waals surface area contributed by atoms with Crippen LogP contribution in [0.3, 0.4) is 0 Å². The molecule has 3 rings (SSSR count). The van der Waals surface area contributed by atoms with Gasteiger partial charge in [0.25, 0.3) is 5.56 Å². The molecule has 1 aromatic heterocycles. The van der Waals surface area contributed by atoms with Crippen molar-refractivity contribution in [3.8, 4) is 0 Å². The van der Waals surface area contributed by atoms with Crippen LogP contribution in [0.25, 0.3) is 10.9 Å². The number of amides is 2. The molecule has 2 amide bonds. The molecule has 5 nitrogen and oxygen atoms in total. The second-order valence-electron chi connectivity index (χ2n) is 6.83. The molecule has 0 aliphatic heterocycles. The van der Waals surface area contributed by atoms with Crippen molar-refractivity contribution in [3.63, 3.8) is 0 Å². The van der Waals surface area contributed by atoms with Crippen molar-refractivity contribution < 1.29 is 4.79 Å². The first-order valence-electron chi connectivity index (χ1n) is 8.70. The zero-order valence-electron chi connectivity index (χ0n) is 14.4. The zero-order valence-corrected chi connectivity index (χ0v) is 14.4. The third-order valence-corrected chi connectivity index (χ3v) is 4.75. The van der Waals surface area contributed by atoms with Crippen LogP contribution < -0.4 is 16.2 Å². The molecule has 1 heterocycles. The van der Waals surface area contributed by atoms with Gasteiger partial charge in [0.2, 0.25) is 0 Å². The number of rotatable bonds is 3. The highest BCUT2D eigenvalue weighted by Crippen LogP contribution is 2.18. The lowest BCUT2D eigenvalue weighted by atomic mass is 9.96. The highest BCUT2D eigenvalue weighted by atomic mass is 16.2. The van der Waals surface area contributed by atoms with Gasteiger partial charge in [0.05, 0.1) is 5.52 Å². The molecule has 0 atom stereocenters. The third kappa shape index (κ3) is 3.78. The number of aromatic amines is 1. The molecule has 128 valence electrons. The van der Waals surface area contributed by atoms with Gasteiger partial charge in [0, 0.05) is 18.2 Å². The molecule has 0 radical (unpaired) electrons. The van der Waals surface area contributed by atoms with Gasteiger partial charge < -0.3 is 15.6 Å². The Labute approximate surface area is 141 Å². The Hall–Kier alpha value is -2.30. The maximum atomic E-state index is 12.2. The molecule has 1 aliphatic carbocycles. The summed E-state index contributed by atoms with van der Waals surface area (Å²) in [6.45, 7) is 4.25. The quantitative estimate of drug-likeness (QED) is 0.809. The molecule has 0 spiro atoms. The van der Waals surface area contributed by atoms with E-state index < -0.39 is 0 Å². The van der Waals surface area contributed by atoms with Gasteiger partial charge in [-0.25, -0.2) is 4.79 Å². The van der Waals surface area contributed by atoms with Gasteiger partial charge in [-0.2, -0.15) is 0 Å². The Morgan fingerprint density at radius 2 is 1.92 bits per heavy atom. The lowest BCUT2D eigenvalue weighted by molar-refractivity contribution is 0.232. The van der Waals surface area contributed by atoms with E-state index in [-0.39, 0.29) is 24.2 Å². The second-order valence-corrected chi connectivity index (χ2v) is 6.83. The molecule has 1 fully saturated rings. The smallest absolute Gasteiger partial charge is 0.315 e. The molecular weight excluding hydrogens is 302 g/mol. The topological polar surface area (TPSA) is 74.0 Å². The summed E-state index contributed by atoms with van der Waals surface area (Å²) in [5.41, 5.74) is 3.50. The first-order valence-corrected chi connectivity index (χ1v) is 8.70. The molecule has 1 aromatic carbocycles. The number of hydrogen-bond acceptors (Lipinski definition) is 2. The van der Waals surface area contributed by atoms with Crippen LogP contribution in [0.4, 0.5) is 4.79 Å². The Morgan fingerprint density at radius 3 is 2.67 bits per heavy atom. The predicted octanol–water partition coefficient (Wildman–Crippen LogP) is 3.28. The molecule has 24 heavy (non-hydrogen) atoms. The Morgan fingerprint density at radius 1 is 1.17 bits per heavy atom. The summed E-state index contributed by atoms with van der Waals surface area (Å²) in [6, 6.07) is 6.04. The van der Waals surface area contributed by atoms with Crippen LogP contribution in [0.1, 0.15) is 48.8 Å². The number of hydrogen-bond donors (Lipinski definition) is 3. The second kappa shape index (κ2) is 7.07. The first kappa shape index (κ1) is 16.6. The van der Waals surface area contributed by atoms with Crippen molar-refractivity contribution in [2.24, 2.45) is 0 Å². The van der Waals surface area contributed by atoms with Crippen molar-refractivity contribution in [1.29, 1.82) is 0 Å². The summed E-state index contributed by atoms with van der Waals surface area (Å²) in [6.07, 6.45) is 5.69. The average molecular weight is 327 g/mol. The normalized spacial score (nSPS) is 15.4. The molecule has 2 aromatic rings. The van der Waals surface area contributed by atoms with Crippen molar-refractivity contribution >= 4 is 16.9 Å². The number of urea groups is 1. The number of pyridine rings is 1. The summed E-state index contributed by atoms with van der Waals surface area (Å²) in [7, 11) is 0. The minimum atomic E-state index is -0.193. The summed E-state index contributed by atoms with van der Waals surface area (Å²) in [5, 5.41) is 6.81. The fraction of sp³-hybridized carbons (Fsp3) is 0.474. The summed E-state index contributed by atoms with van der Waals surface area (Å²) in [4.78, 5) is 27.2. The lowest BCUT2D eigenvalue weighted by Crippen LogP contribution is -2.43. The fourth-order valence-corrected chi connectivity index (χ4v) is 3.52. The van der Waals surface area contributed by atoms with Crippen LogP contribution in [0.5, 0.6) is 0 Å². The van der Waals surface area contributed by atoms with Crippen LogP contribution in [0.2, 0.25) is 0 Å². The number of carbonyl (C=O) groups excluding carboxylic acids is 1. The van der Waals surface area contributed by atoms with Crippen molar-refractivity contribution in [2.45, 2.75) is 58.5 Å². The molecule has 3 N–H and O–H groups in total. The Kier molecular flexibility index (Phi) is 4.88. The van der Waals surface area contributed by atoms with Crippen LogP contribution >= 0.6 is 0 Å². The monoisotopic (exact) mass is 327 g/mol. The minimum Gasteiger partial charge on any atom is -0.335 e. The predicted molar refractivity (Wildman–Crippen MR) is 96.3 cm³/mol. The largest absolute Gasteiger partial charge is 0.335 e. The van der Waals surface area contributed by atoms with E-state index in [0.29, 0.717) is 5.56 Å². The molecule has 5 heteroatoms. The van der Waals surface area contributed by atoms with E-state index in [9.17, 15) is 9.59 Å². The van der Waals surface area contributed by atoms with Gasteiger partial charge >= 0.3 is 6.03 Å². The Balaban J connectivity index is 1.69. The SMILES string of the molecule is Cc1cc(C)c2[nH]c(=O)c(CNC(=O)NC3CCCCC3)cc2c1. The highest BCUT2D eigenvalue weighted by molar-refractivity contribution is 5.83. The number of H-pyrrole nitrogens is 1. The first-order chi connectivity index (χ1) is 11.5. The van der Waals surface area contributed by atoms with Crippen LogP contribution in [0, 0.1) is 13.8 Å². The summed E-state index contributed by atoms with van der Waals surface area (Å²) in [5.74, 6) is 0. The van der Waals surface area contributed by atoms with Gasteiger partial charge in [0.15, 0.2) is 0 Å². The van der Waals surface area contributed by atoms with Gasteiger partial charge in [-0.05, 0) is 49.8 Å². The molecule has 1 saturated carbocycles. The van der Waals surface area contributed by atoms with E-state index in [0.717, 1.165) is 34.9 Å². The fourth-order valence-electron chi connectivity index (χ4n) is 3.52. The van der Waals surface area contributed by atoms with Crippen molar-refractivity contribution in [3.05, 3.63) is 45.2 Å².